The van der Waals surface area contributed by atoms with Crippen LogP contribution in [-0.2, 0) is 16.0 Å². The highest BCUT2D eigenvalue weighted by Crippen LogP contribution is 2.47. The number of fused-ring (bicyclic) bond motifs is 1. The van der Waals surface area contributed by atoms with Gasteiger partial charge in [0.15, 0.2) is 17.3 Å². The zero-order valence-corrected chi connectivity index (χ0v) is 19.0. The molecule has 0 spiro atoms. The predicted molar refractivity (Wildman–Crippen MR) is 121 cm³/mol. The van der Waals surface area contributed by atoms with E-state index < -0.39 is 5.60 Å². The highest BCUT2D eigenvalue weighted by molar-refractivity contribution is 6.01. The third kappa shape index (κ3) is 4.45. The lowest BCUT2D eigenvalue weighted by molar-refractivity contribution is -0.153. The molecule has 0 amide bonds. The summed E-state index contributed by atoms with van der Waals surface area (Å²) >= 11 is 0. The molecule has 0 aliphatic heterocycles. The maximum absolute atomic E-state index is 12.2. The van der Waals surface area contributed by atoms with Crippen LogP contribution in [0, 0.1) is 0 Å². The fourth-order valence-corrected chi connectivity index (χ4v) is 4.12. The summed E-state index contributed by atoms with van der Waals surface area (Å²) < 4.78 is 23.2. The first kappa shape index (κ1) is 22.2. The topological polar surface area (TPSA) is 71.1 Å². The molecule has 32 heavy (non-hydrogen) atoms. The molecule has 0 aromatic heterocycles. The quantitative estimate of drug-likeness (QED) is 0.478. The number of carbonyl (C=O) groups excluding carboxylic acids is 2. The molecular weight excluding hydrogens is 408 g/mol. The molecule has 0 bridgehead atoms. The number of hydrogen-bond donors (Lipinski definition) is 0. The number of ether oxygens (including phenoxy) is 4. The molecule has 1 fully saturated rings. The van der Waals surface area contributed by atoms with Gasteiger partial charge in [0.2, 0.25) is 5.75 Å². The fraction of sp³-hybridized carbons (Fsp3) is 0.462. The molecule has 0 radical (unpaired) electrons. The summed E-state index contributed by atoms with van der Waals surface area (Å²) in [7, 11) is 3.16. The molecule has 2 aliphatic rings. The maximum atomic E-state index is 12.2. The smallest absolute Gasteiger partial charge is 0.306 e. The van der Waals surface area contributed by atoms with Gasteiger partial charge in [-0.3, -0.25) is 9.59 Å². The van der Waals surface area contributed by atoms with E-state index in [-0.39, 0.29) is 18.4 Å². The molecule has 0 saturated heterocycles. The van der Waals surface area contributed by atoms with Crippen LogP contribution in [0.25, 0.3) is 11.1 Å². The van der Waals surface area contributed by atoms with Crippen LogP contribution in [0.5, 0.6) is 17.2 Å². The number of esters is 1. The molecule has 2 aliphatic carbocycles. The molecule has 2 aromatic carbocycles. The van der Waals surface area contributed by atoms with Crippen molar-refractivity contribution in [2.75, 3.05) is 20.8 Å². The predicted octanol–water partition coefficient (Wildman–Crippen LogP) is 5.14. The fourth-order valence-electron chi connectivity index (χ4n) is 4.12. The van der Waals surface area contributed by atoms with E-state index in [0.29, 0.717) is 30.1 Å². The van der Waals surface area contributed by atoms with Crippen LogP contribution >= 0.6 is 0 Å². The lowest BCUT2D eigenvalue weighted by atomic mass is 9.99. The Kier molecular flexibility index (Phi) is 6.40. The summed E-state index contributed by atoms with van der Waals surface area (Å²) in [6, 6.07) is 9.65. The van der Waals surface area contributed by atoms with Gasteiger partial charge < -0.3 is 18.9 Å². The van der Waals surface area contributed by atoms with Gasteiger partial charge in [-0.2, -0.15) is 0 Å². The third-order valence-electron chi connectivity index (χ3n) is 6.19. The highest BCUT2D eigenvalue weighted by Gasteiger charge is 2.48. The van der Waals surface area contributed by atoms with E-state index in [2.05, 4.69) is 6.92 Å². The summed E-state index contributed by atoms with van der Waals surface area (Å²) in [4.78, 5) is 24.2. The van der Waals surface area contributed by atoms with Crippen molar-refractivity contribution in [3.05, 3.63) is 41.5 Å². The minimum absolute atomic E-state index is 0.172. The van der Waals surface area contributed by atoms with Gasteiger partial charge in [-0.05, 0) is 48.9 Å². The van der Waals surface area contributed by atoms with Crippen LogP contribution in [0.1, 0.15) is 61.4 Å². The SMILES string of the molecule is CCCCC(=O)OC1(COc2c(-c3ccc4c(c3)CCC4=O)ccc(OC)c2OC)CC1. The lowest BCUT2D eigenvalue weighted by Gasteiger charge is -2.22. The molecule has 6 nitrogen and oxygen atoms in total. The summed E-state index contributed by atoms with van der Waals surface area (Å²) in [5.41, 5.74) is 3.07. The van der Waals surface area contributed by atoms with E-state index in [0.717, 1.165) is 54.4 Å². The third-order valence-corrected chi connectivity index (χ3v) is 6.19. The monoisotopic (exact) mass is 438 g/mol. The highest BCUT2D eigenvalue weighted by atomic mass is 16.6. The van der Waals surface area contributed by atoms with Crippen LogP contribution in [0.3, 0.4) is 0 Å². The number of methoxy groups -OCH3 is 2. The molecular formula is C26H30O6. The Balaban J connectivity index is 1.62. The van der Waals surface area contributed by atoms with Gasteiger partial charge in [0.05, 0.1) is 14.2 Å². The average molecular weight is 439 g/mol. The standard InChI is InChI=1S/C26H30O6/c1-4-5-6-23(28)32-26(13-14-26)16-31-24-20(10-12-22(29-2)25(24)30-3)18-7-9-19-17(15-18)8-11-21(19)27/h7,9-10,12,15H,4-6,8,11,13-14,16H2,1-3H3. The summed E-state index contributed by atoms with van der Waals surface area (Å²) in [5, 5.41) is 0. The van der Waals surface area contributed by atoms with Crippen LogP contribution in [0.15, 0.2) is 30.3 Å². The normalized spacial score (nSPS) is 15.8. The Morgan fingerprint density at radius 2 is 1.78 bits per heavy atom. The van der Waals surface area contributed by atoms with Crippen molar-refractivity contribution in [1.82, 2.24) is 0 Å². The van der Waals surface area contributed by atoms with Crippen molar-refractivity contribution in [3.63, 3.8) is 0 Å². The molecule has 0 heterocycles. The number of Topliss-reactive ketones (excluding diaryl/α,β-unsaturated/α-hetero) is 1. The zero-order chi connectivity index (χ0) is 22.7. The number of ketones is 1. The van der Waals surface area contributed by atoms with Crippen LogP contribution in [0.2, 0.25) is 0 Å². The first-order valence-corrected chi connectivity index (χ1v) is 11.3. The number of carbonyl (C=O) groups is 2. The molecule has 0 N–H and O–H groups in total. The molecule has 6 heteroatoms. The van der Waals surface area contributed by atoms with Gasteiger partial charge in [0, 0.05) is 24.0 Å². The summed E-state index contributed by atoms with van der Waals surface area (Å²) in [5.74, 6) is 1.62. The Labute approximate surface area is 188 Å². The Hall–Kier alpha value is -3.02. The van der Waals surface area contributed by atoms with Crippen molar-refractivity contribution < 1.29 is 28.5 Å². The van der Waals surface area contributed by atoms with Gasteiger partial charge in [0.1, 0.15) is 12.2 Å². The van der Waals surface area contributed by atoms with E-state index in [4.69, 9.17) is 18.9 Å². The Bertz CT molecular complexity index is 1020. The zero-order valence-electron chi connectivity index (χ0n) is 19.0. The minimum atomic E-state index is -0.569. The number of hydrogen-bond acceptors (Lipinski definition) is 6. The second kappa shape index (κ2) is 9.23. The second-order valence-electron chi connectivity index (χ2n) is 8.52. The van der Waals surface area contributed by atoms with Gasteiger partial charge in [0.25, 0.3) is 0 Å². The van der Waals surface area contributed by atoms with Crippen molar-refractivity contribution in [2.24, 2.45) is 0 Å². The van der Waals surface area contributed by atoms with Crippen molar-refractivity contribution in [3.8, 4) is 28.4 Å². The minimum Gasteiger partial charge on any atom is -0.493 e. The van der Waals surface area contributed by atoms with E-state index in [1.807, 2.05) is 30.3 Å². The molecule has 0 unspecified atom stereocenters. The summed E-state index contributed by atoms with van der Waals surface area (Å²) in [6.45, 7) is 2.31. The van der Waals surface area contributed by atoms with Crippen LogP contribution in [-0.4, -0.2) is 38.2 Å². The Morgan fingerprint density at radius 3 is 2.47 bits per heavy atom. The van der Waals surface area contributed by atoms with Gasteiger partial charge >= 0.3 is 5.97 Å². The van der Waals surface area contributed by atoms with Crippen LogP contribution in [0.4, 0.5) is 0 Å². The first-order valence-electron chi connectivity index (χ1n) is 11.3. The average Bonchev–Trinajstić information content (AvgIpc) is 3.47. The number of unbranched alkanes of at least 4 members (excludes halogenated alkanes) is 1. The molecule has 170 valence electrons. The maximum Gasteiger partial charge on any atom is 0.306 e. The van der Waals surface area contributed by atoms with E-state index in [1.165, 1.54) is 0 Å². The molecule has 1 saturated carbocycles. The molecule has 4 rings (SSSR count). The molecule has 0 atom stereocenters. The Morgan fingerprint density at radius 1 is 1.00 bits per heavy atom. The van der Waals surface area contributed by atoms with Gasteiger partial charge in [-0.1, -0.05) is 31.5 Å². The number of benzene rings is 2. The number of rotatable bonds is 10. The van der Waals surface area contributed by atoms with Gasteiger partial charge in [-0.25, -0.2) is 0 Å². The van der Waals surface area contributed by atoms with Crippen molar-refractivity contribution >= 4 is 11.8 Å². The second-order valence-corrected chi connectivity index (χ2v) is 8.52. The van der Waals surface area contributed by atoms with Crippen molar-refractivity contribution in [1.29, 1.82) is 0 Å². The summed E-state index contributed by atoms with van der Waals surface area (Å²) in [6.07, 6.45) is 5.09. The van der Waals surface area contributed by atoms with Gasteiger partial charge in [-0.15, -0.1) is 0 Å². The van der Waals surface area contributed by atoms with E-state index in [9.17, 15) is 9.59 Å². The van der Waals surface area contributed by atoms with Crippen molar-refractivity contribution in [2.45, 2.75) is 57.5 Å². The molecule has 2 aromatic rings. The number of aryl methyl sites for hydroxylation is 1. The largest absolute Gasteiger partial charge is 0.493 e. The van der Waals surface area contributed by atoms with E-state index >= 15 is 0 Å². The first-order chi connectivity index (χ1) is 15.5. The van der Waals surface area contributed by atoms with Crippen LogP contribution < -0.4 is 14.2 Å². The van der Waals surface area contributed by atoms with E-state index in [1.54, 1.807) is 14.2 Å². The lowest BCUT2D eigenvalue weighted by Crippen LogP contribution is -2.27.